The van der Waals surface area contributed by atoms with Gasteiger partial charge >= 0.3 is 0 Å². The van der Waals surface area contributed by atoms with E-state index in [0.29, 0.717) is 40.4 Å². The number of nitrogens with one attached hydrogen (secondary N) is 1. The zero-order chi connectivity index (χ0) is 21.0. The summed E-state index contributed by atoms with van der Waals surface area (Å²) >= 11 is 5.95. The summed E-state index contributed by atoms with van der Waals surface area (Å²) in [6.45, 7) is 0. The van der Waals surface area contributed by atoms with Crippen LogP contribution in [0.4, 0.5) is 24.7 Å². The molecular formula is C20H16ClF3N6. The Kier molecular flexibility index (Phi) is 4.32. The molecule has 3 N–H and O–H groups in total. The van der Waals surface area contributed by atoms with Crippen LogP contribution in [0.15, 0.2) is 41.8 Å². The van der Waals surface area contributed by atoms with Crippen LogP contribution in [-0.2, 0) is 5.54 Å². The molecule has 3 atom stereocenters. The predicted molar refractivity (Wildman–Crippen MR) is 108 cm³/mol. The number of pyridine rings is 1. The van der Waals surface area contributed by atoms with Gasteiger partial charge in [-0.05, 0) is 42.5 Å². The Morgan fingerprint density at radius 3 is 2.83 bits per heavy atom. The number of aromatic nitrogens is 3. The van der Waals surface area contributed by atoms with Crippen LogP contribution in [0, 0.1) is 17.7 Å². The van der Waals surface area contributed by atoms with Crippen molar-refractivity contribution in [1.29, 1.82) is 0 Å². The van der Waals surface area contributed by atoms with Crippen molar-refractivity contribution < 1.29 is 13.2 Å². The lowest BCUT2D eigenvalue weighted by Gasteiger charge is -2.34. The summed E-state index contributed by atoms with van der Waals surface area (Å²) in [5.74, 6) is -0.695. The topological polar surface area (TPSA) is 89.1 Å². The van der Waals surface area contributed by atoms with Crippen LogP contribution in [0.2, 0.25) is 5.02 Å². The highest BCUT2D eigenvalue weighted by Crippen LogP contribution is 2.60. The highest BCUT2D eigenvalue weighted by Gasteiger charge is 2.62. The molecule has 0 bridgehead atoms. The molecule has 1 aliphatic heterocycles. The summed E-state index contributed by atoms with van der Waals surface area (Å²) in [6, 6.07) is 5.57. The molecule has 6 nitrogen and oxygen atoms in total. The first-order valence-electron chi connectivity index (χ1n) is 9.34. The number of anilines is 2. The van der Waals surface area contributed by atoms with Crippen molar-refractivity contribution in [2.24, 2.45) is 22.6 Å². The van der Waals surface area contributed by atoms with Crippen LogP contribution in [0.1, 0.15) is 18.4 Å². The molecule has 1 saturated carbocycles. The van der Waals surface area contributed by atoms with Crippen LogP contribution in [-0.4, -0.2) is 27.2 Å². The Hall–Kier alpha value is -2.94. The van der Waals surface area contributed by atoms with E-state index in [2.05, 4.69) is 25.3 Å². The number of hydrogen-bond acceptors (Lipinski definition) is 6. The van der Waals surface area contributed by atoms with Crippen LogP contribution in [0.3, 0.4) is 0 Å². The zero-order valence-electron chi connectivity index (χ0n) is 15.5. The van der Waals surface area contributed by atoms with Gasteiger partial charge in [0.1, 0.15) is 17.7 Å². The number of hydrogen-bond donors (Lipinski definition) is 2. The van der Waals surface area contributed by atoms with Crippen LogP contribution >= 0.6 is 11.6 Å². The van der Waals surface area contributed by atoms with Crippen molar-refractivity contribution in [2.75, 3.05) is 5.32 Å². The molecule has 3 heterocycles. The highest BCUT2D eigenvalue weighted by atomic mass is 35.5. The molecule has 2 aliphatic rings. The number of halogens is 4. The van der Waals surface area contributed by atoms with E-state index in [9.17, 15) is 13.2 Å². The van der Waals surface area contributed by atoms with E-state index in [-0.39, 0.29) is 17.3 Å². The third kappa shape index (κ3) is 2.96. The first-order chi connectivity index (χ1) is 14.4. The molecule has 0 amide bonds. The van der Waals surface area contributed by atoms with Gasteiger partial charge in [0.05, 0.1) is 16.4 Å². The fourth-order valence-electron chi connectivity index (χ4n) is 4.29. The Balaban J connectivity index is 1.59. The van der Waals surface area contributed by atoms with Crippen molar-refractivity contribution in [3.05, 3.63) is 53.2 Å². The van der Waals surface area contributed by atoms with Crippen LogP contribution in [0.25, 0.3) is 11.0 Å². The standard InChI is InChI=1S/C20H16ClF3N6/c21-10-5-15-17(26-7-10)18(28-8-27-15)29-11-1-2-14(22)13(6-11)20(19(23)24)12-3-9(12)4-16(25)30-20/h1-2,5-9,12,19H,3-4H2,(H2,25,30)(H,27,28,29)/t9-,12-,20-/m0/s1. The van der Waals surface area contributed by atoms with Crippen molar-refractivity contribution in [2.45, 2.75) is 24.8 Å². The monoisotopic (exact) mass is 432 g/mol. The van der Waals surface area contributed by atoms with E-state index in [4.69, 9.17) is 17.3 Å². The normalized spacial score (nSPS) is 25.2. The van der Waals surface area contributed by atoms with Gasteiger partial charge in [0, 0.05) is 23.9 Å². The average molecular weight is 433 g/mol. The van der Waals surface area contributed by atoms with E-state index in [1.807, 2.05) is 0 Å². The molecule has 0 saturated heterocycles. The van der Waals surface area contributed by atoms with E-state index < -0.39 is 23.7 Å². The lowest BCUT2D eigenvalue weighted by molar-refractivity contribution is 0.0322. The smallest absolute Gasteiger partial charge is 0.267 e. The van der Waals surface area contributed by atoms with Gasteiger partial charge in [0.15, 0.2) is 11.4 Å². The molecule has 1 fully saturated rings. The first kappa shape index (κ1) is 19.0. The van der Waals surface area contributed by atoms with Gasteiger partial charge in [-0.25, -0.2) is 28.1 Å². The number of nitrogens with zero attached hydrogens (tertiary/aromatic N) is 4. The van der Waals surface area contributed by atoms with Crippen molar-refractivity contribution in [1.82, 2.24) is 15.0 Å². The lowest BCUT2D eigenvalue weighted by atomic mass is 9.82. The molecule has 0 radical (unpaired) electrons. The van der Waals surface area contributed by atoms with Gasteiger partial charge in [-0.1, -0.05) is 11.6 Å². The molecule has 2 aromatic heterocycles. The molecular weight excluding hydrogens is 417 g/mol. The van der Waals surface area contributed by atoms with Crippen LogP contribution < -0.4 is 11.1 Å². The third-order valence-electron chi connectivity index (χ3n) is 5.72. The summed E-state index contributed by atoms with van der Waals surface area (Å²) < 4.78 is 43.4. The van der Waals surface area contributed by atoms with Gasteiger partial charge in [0.25, 0.3) is 6.43 Å². The number of fused-ring (bicyclic) bond motifs is 2. The number of alkyl halides is 2. The number of benzene rings is 1. The van der Waals surface area contributed by atoms with Gasteiger partial charge in [0.2, 0.25) is 0 Å². The van der Waals surface area contributed by atoms with E-state index in [0.717, 1.165) is 6.07 Å². The molecule has 0 unspecified atom stereocenters. The van der Waals surface area contributed by atoms with Crippen LogP contribution in [0.5, 0.6) is 0 Å². The number of amidine groups is 1. The van der Waals surface area contributed by atoms with Gasteiger partial charge in [-0.15, -0.1) is 0 Å². The Bertz CT molecular complexity index is 1190. The minimum absolute atomic E-state index is 0.00673. The summed E-state index contributed by atoms with van der Waals surface area (Å²) in [5, 5.41) is 3.44. The number of rotatable bonds is 4. The number of nitrogens with two attached hydrogens (primary N) is 1. The fourth-order valence-corrected chi connectivity index (χ4v) is 4.44. The predicted octanol–water partition coefficient (Wildman–Crippen LogP) is 4.42. The molecule has 3 aromatic rings. The Morgan fingerprint density at radius 2 is 2.03 bits per heavy atom. The molecule has 154 valence electrons. The molecule has 5 rings (SSSR count). The van der Waals surface area contributed by atoms with Crippen molar-refractivity contribution in [3.63, 3.8) is 0 Å². The number of aliphatic imine (C=N–C) groups is 1. The lowest BCUT2D eigenvalue weighted by Crippen LogP contribution is -2.41. The van der Waals surface area contributed by atoms with Gasteiger partial charge in [-0.3, -0.25) is 4.99 Å². The molecule has 10 heteroatoms. The highest BCUT2D eigenvalue weighted by molar-refractivity contribution is 6.31. The quantitative estimate of drug-likeness (QED) is 0.637. The minimum Gasteiger partial charge on any atom is -0.387 e. The van der Waals surface area contributed by atoms with E-state index in [1.54, 1.807) is 6.07 Å². The second kappa shape index (κ2) is 6.80. The van der Waals surface area contributed by atoms with Crippen molar-refractivity contribution >= 4 is 40.0 Å². The van der Waals surface area contributed by atoms with Gasteiger partial charge in [-0.2, -0.15) is 0 Å². The second-order valence-corrected chi connectivity index (χ2v) is 8.04. The maximum Gasteiger partial charge on any atom is 0.267 e. The summed E-state index contributed by atoms with van der Waals surface area (Å²) in [6.07, 6.45) is 0.911. The molecule has 1 aromatic carbocycles. The first-order valence-corrected chi connectivity index (χ1v) is 9.72. The summed E-state index contributed by atoms with van der Waals surface area (Å²) in [7, 11) is 0. The summed E-state index contributed by atoms with van der Waals surface area (Å²) in [5.41, 5.74) is 5.01. The average Bonchev–Trinajstić information content (AvgIpc) is 3.48. The summed E-state index contributed by atoms with van der Waals surface area (Å²) in [4.78, 5) is 16.6. The largest absolute Gasteiger partial charge is 0.387 e. The zero-order valence-corrected chi connectivity index (χ0v) is 16.2. The molecule has 30 heavy (non-hydrogen) atoms. The fraction of sp³-hybridized carbons (Fsp3) is 0.300. The Labute approximate surface area is 174 Å². The molecule has 0 spiro atoms. The maximum atomic E-state index is 14.8. The van der Waals surface area contributed by atoms with Crippen molar-refractivity contribution in [3.8, 4) is 0 Å². The van der Waals surface area contributed by atoms with E-state index in [1.165, 1.54) is 24.7 Å². The SMILES string of the molecule is NC1=N[C@@](c2cc(Nc3ncnc4cc(Cl)cnc34)ccc2F)(C(F)F)[C@H]2C[C@H]2C1. The Morgan fingerprint density at radius 1 is 1.20 bits per heavy atom. The van der Waals surface area contributed by atoms with Gasteiger partial charge < -0.3 is 11.1 Å². The van der Waals surface area contributed by atoms with E-state index >= 15 is 0 Å². The molecule has 1 aliphatic carbocycles. The second-order valence-electron chi connectivity index (χ2n) is 7.60. The third-order valence-corrected chi connectivity index (χ3v) is 5.93. The maximum absolute atomic E-state index is 14.8. The minimum atomic E-state index is -2.89.